The van der Waals surface area contributed by atoms with E-state index in [9.17, 15) is 9.59 Å². The Balaban J connectivity index is 1.83. The van der Waals surface area contributed by atoms with Crippen LogP contribution in [0, 0.1) is 20.8 Å². The molecule has 3 rings (SSSR count). The van der Waals surface area contributed by atoms with Crippen molar-refractivity contribution in [2.45, 2.75) is 20.8 Å². The molecule has 0 fully saturated rings. The molecule has 0 aliphatic carbocycles. The van der Waals surface area contributed by atoms with Gasteiger partial charge in [-0.3, -0.25) is 9.59 Å². The number of nitrogens with one attached hydrogen (secondary N) is 2. The number of benzene rings is 2. The SMILES string of the molecule is Cc1cc(C)c(NC(=O)c2ccc(Cl)c(NC(=O)c3cccs3)c2)c(C)c1. The molecular formula is C21H19ClN2O2S. The van der Waals surface area contributed by atoms with Gasteiger partial charge in [-0.25, -0.2) is 0 Å². The third-order valence-corrected chi connectivity index (χ3v) is 5.34. The highest BCUT2D eigenvalue weighted by molar-refractivity contribution is 7.12. The van der Waals surface area contributed by atoms with Crippen molar-refractivity contribution in [1.29, 1.82) is 0 Å². The van der Waals surface area contributed by atoms with Gasteiger partial charge in [0.1, 0.15) is 0 Å². The van der Waals surface area contributed by atoms with Crippen LogP contribution in [0.25, 0.3) is 0 Å². The quantitative estimate of drug-likeness (QED) is 0.580. The van der Waals surface area contributed by atoms with Crippen LogP contribution in [0.4, 0.5) is 11.4 Å². The van der Waals surface area contributed by atoms with E-state index in [4.69, 9.17) is 11.6 Å². The second kappa shape index (κ2) is 7.94. The minimum atomic E-state index is -0.256. The highest BCUT2D eigenvalue weighted by Gasteiger charge is 2.14. The van der Waals surface area contributed by atoms with E-state index in [0.29, 0.717) is 21.2 Å². The maximum absolute atomic E-state index is 12.7. The molecule has 27 heavy (non-hydrogen) atoms. The van der Waals surface area contributed by atoms with Gasteiger partial charge in [-0.15, -0.1) is 11.3 Å². The van der Waals surface area contributed by atoms with E-state index in [1.807, 2.05) is 38.3 Å². The lowest BCUT2D eigenvalue weighted by molar-refractivity contribution is 0.101. The molecule has 1 aromatic heterocycles. The van der Waals surface area contributed by atoms with Gasteiger partial charge >= 0.3 is 0 Å². The number of hydrogen-bond donors (Lipinski definition) is 2. The molecule has 0 unspecified atom stereocenters. The summed E-state index contributed by atoms with van der Waals surface area (Å²) in [6.07, 6.45) is 0. The van der Waals surface area contributed by atoms with Crippen molar-refractivity contribution < 1.29 is 9.59 Å². The highest BCUT2D eigenvalue weighted by Crippen LogP contribution is 2.26. The van der Waals surface area contributed by atoms with E-state index in [1.54, 1.807) is 30.3 Å². The molecule has 2 N–H and O–H groups in total. The molecular weight excluding hydrogens is 380 g/mol. The van der Waals surface area contributed by atoms with Crippen LogP contribution in [-0.4, -0.2) is 11.8 Å². The summed E-state index contributed by atoms with van der Waals surface area (Å²) in [5.41, 5.74) is 4.76. The Kier molecular flexibility index (Phi) is 5.63. The van der Waals surface area contributed by atoms with Crippen molar-refractivity contribution in [2.24, 2.45) is 0 Å². The average Bonchev–Trinajstić information content (AvgIpc) is 3.14. The molecule has 3 aromatic rings. The first kappa shape index (κ1) is 19.1. The third-order valence-electron chi connectivity index (χ3n) is 4.14. The van der Waals surface area contributed by atoms with Gasteiger partial charge in [0, 0.05) is 11.3 Å². The molecule has 0 radical (unpaired) electrons. The topological polar surface area (TPSA) is 58.2 Å². The van der Waals surface area contributed by atoms with Gasteiger partial charge in [0.05, 0.1) is 15.6 Å². The van der Waals surface area contributed by atoms with Crippen LogP contribution < -0.4 is 10.6 Å². The number of aryl methyl sites for hydroxylation is 3. The molecule has 4 nitrogen and oxygen atoms in total. The van der Waals surface area contributed by atoms with Crippen molar-refractivity contribution in [1.82, 2.24) is 0 Å². The van der Waals surface area contributed by atoms with E-state index in [1.165, 1.54) is 11.3 Å². The summed E-state index contributed by atoms with van der Waals surface area (Å²) in [6.45, 7) is 5.95. The maximum Gasteiger partial charge on any atom is 0.265 e. The molecule has 6 heteroatoms. The number of carbonyl (C=O) groups excluding carboxylic acids is 2. The lowest BCUT2D eigenvalue weighted by atomic mass is 10.0. The summed E-state index contributed by atoms with van der Waals surface area (Å²) >= 11 is 7.53. The molecule has 0 saturated carbocycles. The molecule has 0 atom stereocenters. The van der Waals surface area contributed by atoms with Gasteiger partial charge in [-0.2, -0.15) is 0 Å². The zero-order chi connectivity index (χ0) is 19.6. The molecule has 0 saturated heterocycles. The Hall–Kier alpha value is -2.63. The molecule has 138 valence electrons. The van der Waals surface area contributed by atoms with Crippen LogP contribution in [0.1, 0.15) is 36.7 Å². The second-order valence-electron chi connectivity index (χ2n) is 6.35. The first-order chi connectivity index (χ1) is 12.8. The van der Waals surface area contributed by atoms with E-state index in [0.717, 1.165) is 22.4 Å². The van der Waals surface area contributed by atoms with E-state index >= 15 is 0 Å². The van der Waals surface area contributed by atoms with Gasteiger partial charge in [0.25, 0.3) is 11.8 Å². The van der Waals surface area contributed by atoms with Gasteiger partial charge in [-0.1, -0.05) is 35.4 Å². The fourth-order valence-electron chi connectivity index (χ4n) is 2.92. The molecule has 0 bridgehead atoms. The Morgan fingerprint density at radius 1 is 0.926 bits per heavy atom. The largest absolute Gasteiger partial charge is 0.322 e. The molecule has 0 aliphatic rings. The molecule has 0 spiro atoms. The number of rotatable bonds is 4. The summed E-state index contributed by atoms with van der Waals surface area (Å²) in [6, 6.07) is 12.4. The number of hydrogen-bond acceptors (Lipinski definition) is 3. The Bertz CT molecular complexity index is 990. The predicted molar refractivity (Wildman–Crippen MR) is 112 cm³/mol. The lowest BCUT2D eigenvalue weighted by Gasteiger charge is -2.14. The zero-order valence-corrected chi connectivity index (χ0v) is 16.8. The van der Waals surface area contributed by atoms with Gasteiger partial charge in [0.15, 0.2) is 0 Å². The van der Waals surface area contributed by atoms with E-state index in [2.05, 4.69) is 10.6 Å². The molecule has 1 heterocycles. The van der Waals surface area contributed by atoms with Crippen molar-refractivity contribution in [3.8, 4) is 0 Å². The van der Waals surface area contributed by atoms with Gasteiger partial charge in [0.2, 0.25) is 0 Å². The number of anilines is 2. The predicted octanol–water partition coefficient (Wildman–Crippen LogP) is 5.83. The first-order valence-corrected chi connectivity index (χ1v) is 9.64. The number of amides is 2. The monoisotopic (exact) mass is 398 g/mol. The second-order valence-corrected chi connectivity index (χ2v) is 7.71. The normalized spacial score (nSPS) is 10.5. The maximum atomic E-state index is 12.7. The molecule has 2 amide bonds. The Morgan fingerprint density at radius 2 is 1.63 bits per heavy atom. The fourth-order valence-corrected chi connectivity index (χ4v) is 3.70. The number of halogens is 1. The van der Waals surface area contributed by atoms with Gasteiger partial charge < -0.3 is 10.6 Å². The molecule has 0 aliphatic heterocycles. The highest BCUT2D eigenvalue weighted by atomic mass is 35.5. The van der Waals surface area contributed by atoms with Crippen LogP contribution in [0.2, 0.25) is 5.02 Å². The van der Waals surface area contributed by atoms with Crippen molar-refractivity contribution in [2.75, 3.05) is 10.6 Å². The zero-order valence-electron chi connectivity index (χ0n) is 15.2. The summed E-state index contributed by atoms with van der Waals surface area (Å²) in [7, 11) is 0. The standard InChI is InChI=1S/C21H19ClN2O2S/c1-12-9-13(2)19(14(3)10-12)24-20(25)15-6-7-16(22)17(11-15)23-21(26)18-5-4-8-27-18/h4-11H,1-3H3,(H,23,26)(H,24,25). The van der Waals surface area contributed by atoms with E-state index in [-0.39, 0.29) is 11.8 Å². The first-order valence-electron chi connectivity index (χ1n) is 8.39. The fraction of sp³-hybridized carbons (Fsp3) is 0.143. The minimum Gasteiger partial charge on any atom is -0.322 e. The average molecular weight is 399 g/mol. The van der Waals surface area contributed by atoms with Crippen LogP contribution in [0.3, 0.4) is 0 Å². The summed E-state index contributed by atoms with van der Waals surface area (Å²) < 4.78 is 0. The molecule has 2 aromatic carbocycles. The Morgan fingerprint density at radius 3 is 2.26 bits per heavy atom. The number of carbonyl (C=O) groups is 2. The summed E-state index contributed by atoms with van der Waals surface area (Å²) in [5.74, 6) is -0.511. The van der Waals surface area contributed by atoms with E-state index < -0.39 is 0 Å². The lowest BCUT2D eigenvalue weighted by Crippen LogP contribution is -2.15. The van der Waals surface area contributed by atoms with Gasteiger partial charge in [-0.05, 0) is 61.5 Å². The summed E-state index contributed by atoms with van der Waals surface area (Å²) in [5, 5.41) is 7.92. The third kappa shape index (κ3) is 4.38. The number of thiophene rings is 1. The smallest absolute Gasteiger partial charge is 0.265 e. The van der Waals surface area contributed by atoms with Crippen LogP contribution >= 0.6 is 22.9 Å². The summed E-state index contributed by atoms with van der Waals surface area (Å²) in [4.78, 5) is 25.6. The Labute approximate surface area is 167 Å². The van der Waals surface area contributed by atoms with Crippen molar-refractivity contribution >= 4 is 46.1 Å². The van der Waals surface area contributed by atoms with Crippen LogP contribution in [0.5, 0.6) is 0 Å². The van der Waals surface area contributed by atoms with Crippen LogP contribution in [0.15, 0.2) is 47.8 Å². The minimum absolute atomic E-state index is 0.255. The van der Waals surface area contributed by atoms with Crippen molar-refractivity contribution in [3.63, 3.8) is 0 Å². The van der Waals surface area contributed by atoms with Crippen LogP contribution in [-0.2, 0) is 0 Å². The van der Waals surface area contributed by atoms with Crippen molar-refractivity contribution in [3.05, 3.63) is 80.0 Å².